The first kappa shape index (κ1) is 16.9. The van der Waals surface area contributed by atoms with Crippen molar-refractivity contribution in [3.8, 4) is 0 Å². The van der Waals surface area contributed by atoms with Gasteiger partial charge in [0.05, 0.1) is 6.54 Å². The van der Waals surface area contributed by atoms with E-state index in [9.17, 15) is 4.79 Å². The normalized spacial score (nSPS) is 15.5. The highest BCUT2D eigenvalue weighted by molar-refractivity contribution is 7.99. The molecule has 0 aromatic carbocycles. The van der Waals surface area contributed by atoms with Gasteiger partial charge in [-0.3, -0.25) is 9.69 Å². The third kappa shape index (κ3) is 3.68. The highest BCUT2D eigenvalue weighted by Gasteiger charge is 2.23. The molecular formula is C17H20N6O2S. The number of H-pyrrole nitrogens is 1. The zero-order valence-corrected chi connectivity index (χ0v) is 15.3. The van der Waals surface area contributed by atoms with Crippen molar-refractivity contribution in [3.05, 3.63) is 48.2 Å². The lowest BCUT2D eigenvalue weighted by molar-refractivity contribution is 0.0614. The molecule has 0 radical (unpaired) electrons. The molecule has 9 heteroatoms. The number of aromatic amines is 1. The molecule has 1 amide bonds. The SMILES string of the molecule is Cn1cnnc1Sc1ccc(CN2CCN(C(=O)c3ccc[nH]3)CC2)o1. The summed E-state index contributed by atoms with van der Waals surface area (Å²) in [6.07, 6.45) is 3.44. The Morgan fingerprint density at radius 1 is 1.27 bits per heavy atom. The van der Waals surface area contributed by atoms with Gasteiger partial charge in [0, 0.05) is 39.4 Å². The Hall–Kier alpha value is -2.52. The van der Waals surface area contributed by atoms with Crippen LogP contribution in [0.1, 0.15) is 16.2 Å². The fourth-order valence-corrected chi connectivity index (χ4v) is 3.66. The molecule has 3 aromatic rings. The second-order valence-corrected chi connectivity index (χ2v) is 7.17. The van der Waals surface area contributed by atoms with Crippen LogP contribution < -0.4 is 0 Å². The Morgan fingerprint density at radius 2 is 2.12 bits per heavy atom. The lowest BCUT2D eigenvalue weighted by Gasteiger charge is -2.34. The highest BCUT2D eigenvalue weighted by atomic mass is 32.2. The van der Waals surface area contributed by atoms with Crippen LogP contribution in [-0.4, -0.2) is 61.6 Å². The Bertz CT molecular complexity index is 864. The Labute approximate surface area is 155 Å². The third-order valence-electron chi connectivity index (χ3n) is 4.37. The maximum Gasteiger partial charge on any atom is 0.270 e. The molecule has 0 saturated carbocycles. The number of furan rings is 1. The van der Waals surface area contributed by atoms with Gasteiger partial charge in [0.25, 0.3) is 5.91 Å². The Morgan fingerprint density at radius 3 is 2.81 bits per heavy atom. The van der Waals surface area contributed by atoms with Gasteiger partial charge in [-0.25, -0.2) is 0 Å². The molecule has 0 unspecified atom stereocenters. The van der Waals surface area contributed by atoms with Gasteiger partial charge < -0.3 is 18.9 Å². The standard InChI is InChI=1S/C17H20N6O2S/c1-21-12-19-20-17(21)26-15-5-4-13(25-15)11-22-7-9-23(10-8-22)16(24)14-3-2-6-18-14/h2-6,12,18H,7-11H2,1H3. The summed E-state index contributed by atoms with van der Waals surface area (Å²) >= 11 is 1.45. The first-order chi connectivity index (χ1) is 12.7. The van der Waals surface area contributed by atoms with E-state index in [2.05, 4.69) is 20.1 Å². The molecule has 1 aliphatic heterocycles. The van der Waals surface area contributed by atoms with Crippen LogP contribution in [0, 0.1) is 0 Å². The number of nitrogens with zero attached hydrogens (tertiary/aromatic N) is 5. The van der Waals surface area contributed by atoms with Crippen LogP contribution >= 0.6 is 11.8 Å². The smallest absolute Gasteiger partial charge is 0.270 e. The van der Waals surface area contributed by atoms with E-state index >= 15 is 0 Å². The van der Waals surface area contributed by atoms with Crippen LogP contribution in [0.4, 0.5) is 0 Å². The predicted octanol–water partition coefficient (Wildman–Crippen LogP) is 1.85. The van der Waals surface area contributed by atoms with Gasteiger partial charge >= 0.3 is 0 Å². The van der Waals surface area contributed by atoms with E-state index in [4.69, 9.17) is 4.42 Å². The molecule has 1 saturated heterocycles. The van der Waals surface area contributed by atoms with E-state index < -0.39 is 0 Å². The summed E-state index contributed by atoms with van der Waals surface area (Å²) < 4.78 is 7.76. The van der Waals surface area contributed by atoms with E-state index in [1.807, 2.05) is 40.8 Å². The summed E-state index contributed by atoms with van der Waals surface area (Å²) in [4.78, 5) is 19.5. The Kier molecular flexibility index (Phi) is 4.81. The van der Waals surface area contributed by atoms with Crippen LogP contribution in [-0.2, 0) is 13.6 Å². The lowest BCUT2D eigenvalue weighted by atomic mass is 10.2. The summed E-state index contributed by atoms with van der Waals surface area (Å²) in [5, 5.41) is 9.51. The molecule has 0 bridgehead atoms. The number of aromatic nitrogens is 4. The molecule has 8 nitrogen and oxygen atoms in total. The summed E-state index contributed by atoms with van der Waals surface area (Å²) in [6, 6.07) is 7.61. The van der Waals surface area contributed by atoms with Crippen LogP contribution in [0.25, 0.3) is 0 Å². The highest BCUT2D eigenvalue weighted by Crippen LogP contribution is 2.27. The van der Waals surface area contributed by atoms with Gasteiger partial charge in [0.2, 0.25) is 0 Å². The first-order valence-electron chi connectivity index (χ1n) is 8.44. The van der Waals surface area contributed by atoms with Crippen molar-refractivity contribution in [1.82, 2.24) is 29.5 Å². The van der Waals surface area contributed by atoms with Crippen LogP contribution in [0.15, 0.2) is 51.5 Å². The molecule has 4 heterocycles. The average molecular weight is 372 g/mol. The van der Waals surface area contributed by atoms with Crippen molar-refractivity contribution in [1.29, 1.82) is 0 Å². The number of rotatable bonds is 5. The van der Waals surface area contributed by atoms with Gasteiger partial charge in [0.15, 0.2) is 10.2 Å². The number of aryl methyl sites for hydroxylation is 1. The number of piperazine rings is 1. The number of hydrogen-bond acceptors (Lipinski definition) is 6. The molecule has 1 aliphatic rings. The first-order valence-corrected chi connectivity index (χ1v) is 9.26. The minimum Gasteiger partial charge on any atom is -0.453 e. The fourth-order valence-electron chi connectivity index (χ4n) is 2.92. The largest absolute Gasteiger partial charge is 0.453 e. The molecule has 1 N–H and O–H groups in total. The molecule has 26 heavy (non-hydrogen) atoms. The minimum absolute atomic E-state index is 0.0648. The molecule has 4 rings (SSSR count). The monoisotopic (exact) mass is 372 g/mol. The summed E-state index contributed by atoms with van der Waals surface area (Å²) in [7, 11) is 1.90. The summed E-state index contributed by atoms with van der Waals surface area (Å²) in [5.41, 5.74) is 0.648. The van der Waals surface area contributed by atoms with Gasteiger partial charge in [-0.15, -0.1) is 10.2 Å². The van der Waals surface area contributed by atoms with Crippen molar-refractivity contribution in [2.75, 3.05) is 26.2 Å². The quantitative estimate of drug-likeness (QED) is 0.736. The second kappa shape index (κ2) is 7.38. The molecule has 0 spiro atoms. The van der Waals surface area contributed by atoms with Crippen LogP contribution in [0.2, 0.25) is 0 Å². The van der Waals surface area contributed by atoms with Crippen molar-refractivity contribution in [2.24, 2.45) is 7.05 Å². The number of carbonyl (C=O) groups is 1. The molecular weight excluding hydrogens is 352 g/mol. The van der Waals surface area contributed by atoms with Crippen LogP contribution in [0.3, 0.4) is 0 Å². The molecule has 0 atom stereocenters. The number of hydrogen-bond donors (Lipinski definition) is 1. The van der Waals surface area contributed by atoms with E-state index in [-0.39, 0.29) is 5.91 Å². The van der Waals surface area contributed by atoms with Crippen LogP contribution in [0.5, 0.6) is 0 Å². The average Bonchev–Trinajstić information content (AvgIpc) is 3.39. The molecule has 3 aromatic heterocycles. The topological polar surface area (TPSA) is 83.2 Å². The molecule has 136 valence electrons. The van der Waals surface area contributed by atoms with E-state index in [0.29, 0.717) is 5.69 Å². The maximum atomic E-state index is 12.3. The third-order valence-corrected chi connectivity index (χ3v) is 5.34. The number of carbonyl (C=O) groups excluding carboxylic acids is 1. The fraction of sp³-hybridized carbons (Fsp3) is 0.353. The van der Waals surface area contributed by atoms with Crippen molar-refractivity contribution in [2.45, 2.75) is 16.8 Å². The van der Waals surface area contributed by atoms with Gasteiger partial charge in [-0.1, -0.05) is 0 Å². The zero-order valence-electron chi connectivity index (χ0n) is 14.5. The van der Waals surface area contributed by atoms with Crippen molar-refractivity contribution < 1.29 is 9.21 Å². The summed E-state index contributed by atoms with van der Waals surface area (Å²) in [6.45, 7) is 3.85. The predicted molar refractivity (Wildman–Crippen MR) is 95.8 cm³/mol. The molecule has 0 aliphatic carbocycles. The van der Waals surface area contributed by atoms with E-state index in [0.717, 1.165) is 48.7 Å². The molecule has 1 fully saturated rings. The number of nitrogens with one attached hydrogen (secondary N) is 1. The maximum absolute atomic E-state index is 12.3. The van der Waals surface area contributed by atoms with Crippen molar-refractivity contribution >= 4 is 17.7 Å². The number of amides is 1. The Balaban J connectivity index is 1.29. The minimum atomic E-state index is 0.0648. The lowest BCUT2D eigenvalue weighted by Crippen LogP contribution is -2.48. The van der Waals surface area contributed by atoms with E-state index in [1.54, 1.807) is 12.5 Å². The van der Waals surface area contributed by atoms with E-state index in [1.165, 1.54) is 11.8 Å². The second-order valence-electron chi connectivity index (χ2n) is 6.20. The van der Waals surface area contributed by atoms with Gasteiger partial charge in [0.1, 0.15) is 17.8 Å². The van der Waals surface area contributed by atoms with Gasteiger partial charge in [-0.05, 0) is 36.0 Å². The zero-order chi connectivity index (χ0) is 17.9. The summed E-state index contributed by atoms with van der Waals surface area (Å²) in [5.74, 6) is 0.980. The van der Waals surface area contributed by atoms with Crippen molar-refractivity contribution in [3.63, 3.8) is 0 Å². The van der Waals surface area contributed by atoms with Gasteiger partial charge in [-0.2, -0.15) is 0 Å².